The largest absolute Gasteiger partial charge is 0.594 e. The summed E-state index contributed by atoms with van der Waals surface area (Å²) >= 11 is 11.8. The molecule has 1 heterocycles. The van der Waals surface area contributed by atoms with Crippen molar-refractivity contribution in [1.29, 1.82) is 0 Å². The van der Waals surface area contributed by atoms with Crippen LogP contribution in [-0.2, 0) is 0 Å². The fourth-order valence-corrected chi connectivity index (χ4v) is 2.18. The van der Waals surface area contributed by atoms with E-state index in [1.165, 1.54) is 6.07 Å². The third kappa shape index (κ3) is 3.03. The molecule has 0 atom stereocenters. The van der Waals surface area contributed by atoms with Gasteiger partial charge in [-0.3, -0.25) is 0 Å². The van der Waals surface area contributed by atoms with Gasteiger partial charge in [0, 0.05) is 4.85 Å². The Bertz CT molecular complexity index is 751. The highest BCUT2D eigenvalue weighted by Crippen LogP contribution is 2.35. The van der Waals surface area contributed by atoms with E-state index in [0.717, 1.165) is 0 Å². The first kappa shape index (κ1) is 15.4. The van der Waals surface area contributed by atoms with Gasteiger partial charge in [-0.1, -0.05) is 28.1 Å². The zero-order valence-electron chi connectivity index (χ0n) is 11.2. The van der Waals surface area contributed by atoms with Crippen LogP contribution in [0, 0.1) is 15.6 Å². The predicted molar refractivity (Wildman–Crippen MR) is 72.9 cm³/mol. The zero-order chi connectivity index (χ0) is 15.9. The van der Waals surface area contributed by atoms with Crippen molar-refractivity contribution in [2.24, 2.45) is 5.11 Å². The Morgan fingerprint density at radius 2 is 1.86 bits per heavy atom. The number of hydrogen-bond acceptors (Lipinski definition) is 6. The van der Waals surface area contributed by atoms with Crippen molar-refractivity contribution in [2.45, 2.75) is 26.3 Å². The van der Waals surface area contributed by atoms with Crippen molar-refractivity contribution in [3.63, 3.8) is 0 Å². The van der Waals surface area contributed by atoms with Crippen LogP contribution in [0.4, 0.5) is 5.69 Å². The third-order valence-corrected chi connectivity index (χ3v) is 2.85. The van der Waals surface area contributed by atoms with Crippen LogP contribution in [0.5, 0.6) is 0 Å². The van der Waals surface area contributed by atoms with Gasteiger partial charge < -0.3 is 15.6 Å². The van der Waals surface area contributed by atoms with Gasteiger partial charge in [-0.25, -0.2) is 0 Å². The Hall–Kier alpha value is -2.00. The lowest BCUT2D eigenvalue weighted by molar-refractivity contribution is -0.863. The lowest BCUT2D eigenvalue weighted by Crippen LogP contribution is -2.50. The van der Waals surface area contributed by atoms with Crippen molar-refractivity contribution in [3.05, 3.63) is 31.7 Å². The maximum atomic E-state index is 12.2. The van der Waals surface area contributed by atoms with Crippen LogP contribution in [0.1, 0.15) is 20.8 Å². The lowest BCUT2D eigenvalue weighted by atomic mass is 10.1. The van der Waals surface area contributed by atoms with E-state index in [-0.39, 0.29) is 41.4 Å². The van der Waals surface area contributed by atoms with Crippen molar-refractivity contribution < 1.29 is 14.7 Å². The quantitative estimate of drug-likeness (QED) is 0.340. The van der Waals surface area contributed by atoms with Gasteiger partial charge in [-0.2, -0.15) is 0 Å². The molecule has 0 amide bonds. The first-order valence-electron chi connectivity index (χ1n) is 5.70. The Morgan fingerprint density at radius 1 is 1.24 bits per heavy atom. The summed E-state index contributed by atoms with van der Waals surface area (Å²) in [6.45, 7) is 5.08. The number of fused-ring (bicyclic) bond motifs is 1. The van der Waals surface area contributed by atoms with Crippen molar-refractivity contribution in [3.8, 4) is 0 Å². The number of rotatable bonds is 1. The molecule has 0 fully saturated rings. The number of halogens is 2. The minimum absolute atomic E-state index is 0.0254. The van der Waals surface area contributed by atoms with Crippen molar-refractivity contribution in [2.75, 3.05) is 0 Å². The van der Waals surface area contributed by atoms with Crippen LogP contribution in [0.2, 0.25) is 10.0 Å². The van der Waals surface area contributed by atoms with Gasteiger partial charge in [0.2, 0.25) is 0 Å². The standard InChI is InChI=1S/C10H10Cl2N6O3/c1-10(2,3)14-16(19)8-5(11)4-6(12)9-7(8)13-18(21)15-17(9)20/h4H,1-3H3. The second-order valence-corrected chi connectivity index (χ2v) is 5.96. The molecule has 0 saturated carbocycles. The molecule has 0 aliphatic rings. The number of benzene rings is 1. The van der Waals surface area contributed by atoms with Crippen LogP contribution in [0.25, 0.3) is 11.0 Å². The minimum atomic E-state index is -0.703. The van der Waals surface area contributed by atoms with Gasteiger partial charge in [0.1, 0.15) is 20.5 Å². The average molecular weight is 333 g/mol. The molecule has 112 valence electrons. The molecule has 1 aromatic heterocycles. The van der Waals surface area contributed by atoms with E-state index in [0.29, 0.717) is 0 Å². The first-order valence-corrected chi connectivity index (χ1v) is 6.45. The fourth-order valence-electron chi connectivity index (χ4n) is 1.59. The maximum absolute atomic E-state index is 12.2. The van der Waals surface area contributed by atoms with Crippen LogP contribution in [0.3, 0.4) is 0 Å². The molecule has 0 aliphatic carbocycles. The maximum Gasteiger partial charge on any atom is 0.326 e. The zero-order valence-corrected chi connectivity index (χ0v) is 12.8. The normalized spacial score (nSPS) is 12.9. The predicted octanol–water partition coefficient (Wildman–Crippen LogP) is 1.60. The number of nitrogens with zero attached hydrogens (tertiary/aromatic N) is 6. The second kappa shape index (κ2) is 5.08. The molecule has 0 bridgehead atoms. The van der Waals surface area contributed by atoms with Gasteiger partial charge in [0.15, 0.2) is 0 Å². The van der Waals surface area contributed by atoms with E-state index < -0.39 is 5.54 Å². The average Bonchev–Trinajstić information content (AvgIpc) is 2.23. The highest BCUT2D eigenvalue weighted by molar-refractivity contribution is 6.39. The summed E-state index contributed by atoms with van der Waals surface area (Å²) in [4.78, 5) is -0.0349. The molecule has 0 saturated heterocycles. The van der Waals surface area contributed by atoms with Gasteiger partial charge in [-0.15, -0.1) is 0 Å². The molecule has 11 heteroatoms. The highest BCUT2D eigenvalue weighted by atomic mass is 35.5. The van der Waals surface area contributed by atoms with Gasteiger partial charge in [-0.05, 0) is 32.0 Å². The first-order chi connectivity index (χ1) is 9.60. The van der Waals surface area contributed by atoms with Gasteiger partial charge in [0.05, 0.1) is 5.10 Å². The van der Waals surface area contributed by atoms with Crippen LogP contribution < -0.4 is 9.80 Å². The van der Waals surface area contributed by atoms with Crippen molar-refractivity contribution in [1.82, 2.24) is 10.3 Å². The Labute approximate surface area is 128 Å². The molecule has 1 aromatic carbocycles. The monoisotopic (exact) mass is 332 g/mol. The Kier molecular flexibility index (Phi) is 3.72. The summed E-state index contributed by atoms with van der Waals surface area (Å²) in [6.07, 6.45) is 0. The van der Waals surface area contributed by atoms with Gasteiger partial charge >= 0.3 is 16.4 Å². The summed E-state index contributed by atoms with van der Waals surface area (Å²) in [5.74, 6) is 0. The molecule has 2 aromatic rings. The number of hydrogen-bond donors (Lipinski definition) is 0. The van der Waals surface area contributed by atoms with E-state index in [9.17, 15) is 15.6 Å². The molecule has 0 aliphatic heterocycles. The van der Waals surface area contributed by atoms with E-state index in [2.05, 4.69) is 15.4 Å². The lowest BCUT2D eigenvalue weighted by Gasteiger charge is -2.10. The highest BCUT2D eigenvalue weighted by Gasteiger charge is 2.30. The van der Waals surface area contributed by atoms with Crippen LogP contribution in [0.15, 0.2) is 11.2 Å². The van der Waals surface area contributed by atoms with Crippen molar-refractivity contribution >= 4 is 39.9 Å². The third-order valence-electron chi connectivity index (χ3n) is 2.27. The summed E-state index contributed by atoms with van der Waals surface area (Å²) in [5, 5.41) is 45.2. The number of azo groups is 1. The smallest absolute Gasteiger partial charge is 0.326 e. The topological polar surface area (TPSA) is 118 Å². The molecular formula is C10H10Cl2N6O3. The summed E-state index contributed by atoms with van der Waals surface area (Å²) in [6, 6.07) is 1.19. The molecule has 0 unspecified atom stereocenters. The molecule has 21 heavy (non-hydrogen) atoms. The minimum Gasteiger partial charge on any atom is -0.594 e. The van der Waals surface area contributed by atoms with Crippen LogP contribution in [-0.4, -0.2) is 20.7 Å². The molecule has 0 radical (unpaired) electrons. The number of aromatic nitrogens is 4. The molecule has 0 N–H and O–H groups in total. The van der Waals surface area contributed by atoms with E-state index in [1.54, 1.807) is 20.8 Å². The second-order valence-electron chi connectivity index (χ2n) is 5.14. The molecular weight excluding hydrogens is 323 g/mol. The molecule has 2 rings (SSSR count). The van der Waals surface area contributed by atoms with E-state index in [1.807, 2.05) is 0 Å². The van der Waals surface area contributed by atoms with Gasteiger partial charge in [0.25, 0.3) is 5.52 Å². The van der Waals surface area contributed by atoms with Crippen LogP contribution >= 0.6 is 23.2 Å². The molecule has 0 spiro atoms. The fraction of sp³-hybridized carbons (Fsp3) is 0.400. The summed E-state index contributed by atoms with van der Waals surface area (Å²) in [7, 11) is 0. The van der Waals surface area contributed by atoms with E-state index >= 15 is 0 Å². The summed E-state index contributed by atoms with van der Waals surface area (Å²) < 4.78 is 0. The van der Waals surface area contributed by atoms with E-state index in [4.69, 9.17) is 23.2 Å². The molecule has 9 nitrogen and oxygen atoms in total. The Morgan fingerprint density at radius 3 is 2.43 bits per heavy atom. The Balaban J connectivity index is 2.89. The summed E-state index contributed by atoms with van der Waals surface area (Å²) in [5.41, 5.74) is -1.48. The SMILES string of the molecule is CC(C)(C)N=[N+]([O-])c1c(Cl)cc(Cl)c2c1n[n+]([O-])n[n+]2[O-].